The number of para-hydroxylation sites is 1. The lowest BCUT2D eigenvalue weighted by atomic mass is 10.2. The highest BCUT2D eigenvalue weighted by Crippen LogP contribution is 2.19. The van der Waals surface area contributed by atoms with Gasteiger partial charge in [-0.3, -0.25) is 9.59 Å². The van der Waals surface area contributed by atoms with Crippen molar-refractivity contribution in [2.45, 2.75) is 33.1 Å². The zero-order valence-electron chi connectivity index (χ0n) is 12.9. The van der Waals surface area contributed by atoms with Crippen molar-refractivity contribution in [3.63, 3.8) is 0 Å². The number of unbranched alkanes of at least 4 members (excludes halogenated alkanes) is 1. The highest BCUT2D eigenvalue weighted by Gasteiger charge is 2.17. The molecule has 0 bridgehead atoms. The Hall–Kier alpha value is -1.91. The zero-order valence-corrected chi connectivity index (χ0v) is 12.9. The summed E-state index contributed by atoms with van der Waals surface area (Å²) in [5.74, 6) is -0.769. The lowest BCUT2D eigenvalue weighted by Gasteiger charge is -2.23. The van der Waals surface area contributed by atoms with E-state index >= 15 is 0 Å². The smallest absolute Gasteiger partial charge is 0.224 e. The maximum Gasteiger partial charge on any atom is 0.224 e. The predicted molar refractivity (Wildman–Crippen MR) is 81.6 cm³/mol. The van der Waals surface area contributed by atoms with Crippen LogP contribution in [0.15, 0.2) is 24.3 Å². The van der Waals surface area contributed by atoms with Crippen molar-refractivity contribution in [2.75, 3.05) is 25.0 Å². The second kappa shape index (κ2) is 8.39. The molecule has 21 heavy (non-hydrogen) atoms. The van der Waals surface area contributed by atoms with Gasteiger partial charge in [-0.05, 0) is 18.6 Å². The fraction of sp³-hybridized carbons (Fsp3) is 0.500. The quantitative estimate of drug-likeness (QED) is 0.776. The fourth-order valence-corrected chi connectivity index (χ4v) is 2.04. The molecule has 5 heteroatoms. The Morgan fingerprint density at radius 1 is 1.19 bits per heavy atom. The number of rotatable bonds is 7. The first-order valence-electron chi connectivity index (χ1n) is 7.24. The average Bonchev–Trinajstić information content (AvgIpc) is 2.46. The van der Waals surface area contributed by atoms with E-state index in [2.05, 4.69) is 6.92 Å². The van der Waals surface area contributed by atoms with Crippen molar-refractivity contribution in [3.05, 3.63) is 30.1 Å². The van der Waals surface area contributed by atoms with Gasteiger partial charge >= 0.3 is 0 Å². The monoisotopic (exact) mass is 294 g/mol. The first kappa shape index (κ1) is 17.1. The standard InChI is InChI=1S/C16H23FN2O2/c1-4-5-11-18(3)16(21)10-12-19(13(2)20)15-9-7-6-8-14(15)17/h6-9H,4-5,10-12H2,1-3H3. The summed E-state index contributed by atoms with van der Waals surface area (Å²) >= 11 is 0. The van der Waals surface area contributed by atoms with Crippen LogP contribution < -0.4 is 4.90 Å². The molecule has 0 saturated heterocycles. The minimum atomic E-state index is -0.459. The maximum absolute atomic E-state index is 13.8. The van der Waals surface area contributed by atoms with Gasteiger partial charge in [-0.2, -0.15) is 0 Å². The molecule has 1 aromatic carbocycles. The molecule has 116 valence electrons. The molecule has 0 radical (unpaired) electrons. The van der Waals surface area contributed by atoms with E-state index in [4.69, 9.17) is 0 Å². The van der Waals surface area contributed by atoms with Gasteiger partial charge in [0.15, 0.2) is 0 Å². The van der Waals surface area contributed by atoms with E-state index in [1.807, 2.05) is 0 Å². The van der Waals surface area contributed by atoms with Crippen LogP contribution in [0, 0.1) is 5.82 Å². The molecule has 0 unspecified atom stereocenters. The number of nitrogens with zero attached hydrogens (tertiary/aromatic N) is 2. The number of hydrogen-bond donors (Lipinski definition) is 0. The molecule has 0 spiro atoms. The molecule has 4 nitrogen and oxygen atoms in total. The van der Waals surface area contributed by atoms with E-state index < -0.39 is 5.82 Å². The van der Waals surface area contributed by atoms with Crippen molar-refractivity contribution in [1.82, 2.24) is 4.90 Å². The van der Waals surface area contributed by atoms with Crippen LogP contribution in [0.4, 0.5) is 10.1 Å². The first-order valence-corrected chi connectivity index (χ1v) is 7.24. The van der Waals surface area contributed by atoms with E-state index in [0.29, 0.717) is 6.54 Å². The number of amides is 2. The summed E-state index contributed by atoms with van der Waals surface area (Å²) in [6, 6.07) is 6.09. The van der Waals surface area contributed by atoms with Crippen LogP contribution in [-0.4, -0.2) is 36.9 Å². The van der Waals surface area contributed by atoms with Gasteiger partial charge in [-0.15, -0.1) is 0 Å². The van der Waals surface area contributed by atoms with Gasteiger partial charge in [0.1, 0.15) is 5.82 Å². The first-order chi connectivity index (χ1) is 9.97. The Bertz CT molecular complexity index is 491. The highest BCUT2D eigenvalue weighted by atomic mass is 19.1. The van der Waals surface area contributed by atoms with Crippen molar-refractivity contribution in [2.24, 2.45) is 0 Å². The molecule has 0 aromatic heterocycles. The van der Waals surface area contributed by atoms with Gasteiger partial charge in [0, 0.05) is 33.5 Å². The van der Waals surface area contributed by atoms with Crippen LogP contribution in [0.3, 0.4) is 0 Å². The van der Waals surface area contributed by atoms with Crippen molar-refractivity contribution in [3.8, 4) is 0 Å². The molecule has 2 amide bonds. The summed E-state index contributed by atoms with van der Waals surface area (Å²) in [6.45, 7) is 4.33. The maximum atomic E-state index is 13.8. The minimum absolute atomic E-state index is 0.0361. The van der Waals surface area contributed by atoms with Gasteiger partial charge in [0.05, 0.1) is 5.69 Å². The molecule has 0 saturated carbocycles. The average molecular weight is 294 g/mol. The number of carbonyl (C=O) groups excluding carboxylic acids is 2. The van der Waals surface area contributed by atoms with Crippen molar-refractivity contribution < 1.29 is 14.0 Å². The zero-order chi connectivity index (χ0) is 15.8. The van der Waals surface area contributed by atoms with Gasteiger partial charge in [-0.25, -0.2) is 4.39 Å². The molecule has 0 aliphatic heterocycles. The summed E-state index contributed by atoms with van der Waals surface area (Å²) in [7, 11) is 1.75. The Kier molecular flexibility index (Phi) is 6.85. The molecule has 0 N–H and O–H groups in total. The fourth-order valence-electron chi connectivity index (χ4n) is 2.04. The number of hydrogen-bond acceptors (Lipinski definition) is 2. The number of carbonyl (C=O) groups is 2. The minimum Gasteiger partial charge on any atom is -0.346 e. The molecule has 0 atom stereocenters. The summed E-state index contributed by atoms with van der Waals surface area (Å²) in [5, 5.41) is 0. The Balaban J connectivity index is 2.67. The summed E-state index contributed by atoms with van der Waals surface area (Å²) in [5.41, 5.74) is 0.217. The van der Waals surface area contributed by atoms with Crippen LogP contribution in [0.5, 0.6) is 0 Å². The van der Waals surface area contributed by atoms with Gasteiger partial charge < -0.3 is 9.80 Å². The Morgan fingerprint density at radius 3 is 2.43 bits per heavy atom. The molecule has 0 fully saturated rings. The van der Waals surface area contributed by atoms with Crippen LogP contribution in [0.25, 0.3) is 0 Å². The van der Waals surface area contributed by atoms with Crippen LogP contribution in [0.1, 0.15) is 33.1 Å². The molecule has 0 heterocycles. The van der Waals surface area contributed by atoms with E-state index in [0.717, 1.165) is 12.8 Å². The Labute approximate surface area is 125 Å². The summed E-state index contributed by atoms with van der Waals surface area (Å²) in [6.07, 6.45) is 2.16. The summed E-state index contributed by atoms with van der Waals surface area (Å²) < 4.78 is 13.8. The molecule has 0 aliphatic carbocycles. The third kappa shape index (κ3) is 5.17. The summed E-state index contributed by atoms with van der Waals surface area (Å²) in [4.78, 5) is 26.6. The normalized spacial score (nSPS) is 10.3. The Morgan fingerprint density at radius 2 is 1.86 bits per heavy atom. The van der Waals surface area contributed by atoms with Crippen molar-refractivity contribution >= 4 is 17.5 Å². The lowest BCUT2D eigenvalue weighted by Crippen LogP contribution is -2.35. The predicted octanol–water partition coefficient (Wildman–Crippen LogP) is 2.83. The lowest BCUT2D eigenvalue weighted by molar-refractivity contribution is -0.129. The second-order valence-electron chi connectivity index (χ2n) is 5.04. The van der Waals surface area contributed by atoms with E-state index in [-0.39, 0.29) is 30.5 Å². The molecule has 1 aromatic rings. The number of benzene rings is 1. The van der Waals surface area contributed by atoms with E-state index in [1.54, 1.807) is 30.1 Å². The number of anilines is 1. The van der Waals surface area contributed by atoms with Crippen LogP contribution >= 0.6 is 0 Å². The van der Waals surface area contributed by atoms with E-state index in [1.165, 1.54) is 17.9 Å². The highest BCUT2D eigenvalue weighted by molar-refractivity contribution is 5.92. The second-order valence-corrected chi connectivity index (χ2v) is 5.04. The van der Waals surface area contributed by atoms with Gasteiger partial charge in [0.25, 0.3) is 0 Å². The van der Waals surface area contributed by atoms with Crippen molar-refractivity contribution in [1.29, 1.82) is 0 Å². The van der Waals surface area contributed by atoms with Gasteiger partial charge in [-0.1, -0.05) is 25.5 Å². The topological polar surface area (TPSA) is 40.6 Å². The molecular formula is C16H23FN2O2. The molecular weight excluding hydrogens is 271 g/mol. The largest absolute Gasteiger partial charge is 0.346 e. The van der Waals surface area contributed by atoms with Crippen LogP contribution in [0.2, 0.25) is 0 Å². The third-order valence-electron chi connectivity index (χ3n) is 3.35. The SMILES string of the molecule is CCCCN(C)C(=O)CCN(C(C)=O)c1ccccc1F. The molecule has 1 rings (SSSR count). The molecule has 0 aliphatic rings. The number of halogens is 1. The van der Waals surface area contributed by atoms with Crippen LogP contribution in [-0.2, 0) is 9.59 Å². The van der Waals surface area contributed by atoms with E-state index in [9.17, 15) is 14.0 Å². The third-order valence-corrected chi connectivity index (χ3v) is 3.35. The van der Waals surface area contributed by atoms with Gasteiger partial charge in [0.2, 0.25) is 11.8 Å².